The van der Waals surface area contributed by atoms with Crippen molar-refractivity contribution in [1.82, 2.24) is 4.98 Å². The molecule has 0 saturated heterocycles. The van der Waals surface area contributed by atoms with Gasteiger partial charge in [0.1, 0.15) is 0 Å². The number of nitrogens with zero attached hydrogens (tertiary/aromatic N) is 3. The molecule has 1 aromatic heterocycles. The summed E-state index contributed by atoms with van der Waals surface area (Å²) in [5, 5.41) is 5.28. The summed E-state index contributed by atoms with van der Waals surface area (Å²) in [6.07, 6.45) is 0. The zero-order chi connectivity index (χ0) is 35.6. The lowest BCUT2D eigenvalue weighted by Crippen LogP contribution is -2.07. The highest BCUT2D eigenvalue weighted by Crippen LogP contribution is 2.58. The average Bonchev–Trinajstić information content (AvgIpc) is 3.83. The first-order valence-corrected chi connectivity index (χ1v) is 18.4. The third-order valence-electron chi connectivity index (χ3n) is 10.8. The van der Waals surface area contributed by atoms with Crippen molar-refractivity contribution < 1.29 is 0 Å². The van der Waals surface area contributed by atoms with Crippen LogP contribution in [-0.4, -0.2) is 4.98 Å². The molecular weight excluding hydrogens is 655 g/mol. The summed E-state index contributed by atoms with van der Waals surface area (Å²) in [5.41, 5.74) is 15.8. The molecule has 2 aliphatic rings. The molecule has 0 N–H and O–H groups in total. The van der Waals surface area contributed by atoms with Crippen LogP contribution in [-0.2, 0) is 0 Å². The Hall–Kier alpha value is -7.23. The Morgan fingerprint density at radius 2 is 0.889 bits per heavy atom. The van der Waals surface area contributed by atoms with E-state index in [1.807, 2.05) is 0 Å². The molecule has 9 aromatic rings. The lowest BCUT2D eigenvalue weighted by molar-refractivity contribution is 1.36. The van der Waals surface area contributed by atoms with Crippen molar-refractivity contribution in [2.75, 3.05) is 0 Å². The van der Waals surface area contributed by atoms with Crippen LogP contribution in [0.5, 0.6) is 0 Å². The summed E-state index contributed by atoms with van der Waals surface area (Å²) in [5.74, 6) is 0. The van der Waals surface area contributed by atoms with Gasteiger partial charge in [-0.25, -0.2) is 15.0 Å². The first-order chi connectivity index (χ1) is 26.8. The summed E-state index contributed by atoms with van der Waals surface area (Å²) >= 11 is 0. The summed E-state index contributed by atoms with van der Waals surface area (Å²) < 4.78 is 0. The summed E-state index contributed by atoms with van der Waals surface area (Å²) in [6.45, 7) is 0. The first kappa shape index (κ1) is 30.4. The van der Waals surface area contributed by atoms with Gasteiger partial charge in [0.05, 0.1) is 33.3 Å². The average molecular weight is 686 g/mol. The maximum absolute atomic E-state index is 5.79. The molecule has 54 heavy (non-hydrogen) atoms. The highest BCUT2D eigenvalue weighted by atomic mass is 14.8. The van der Waals surface area contributed by atoms with E-state index < -0.39 is 0 Å². The largest absolute Gasteiger partial charge is 0.248 e. The number of hydrogen-bond donors (Lipinski definition) is 0. The second kappa shape index (κ2) is 12.2. The number of hydrogen-bond acceptors (Lipinski definition) is 3. The quantitative estimate of drug-likeness (QED) is 0.178. The van der Waals surface area contributed by atoms with Crippen LogP contribution in [0.3, 0.4) is 0 Å². The lowest BCUT2D eigenvalue weighted by atomic mass is 9.78. The van der Waals surface area contributed by atoms with Gasteiger partial charge in [-0.05, 0) is 46.5 Å². The minimum absolute atomic E-state index is 0.901. The fraction of sp³-hybridized carbons (Fsp3) is 0. The normalized spacial score (nSPS) is 12.0. The van der Waals surface area contributed by atoms with E-state index in [4.69, 9.17) is 15.0 Å². The van der Waals surface area contributed by atoms with Crippen molar-refractivity contribution in [3.8, 4) is 66.9 Å². The lowest BCUT2D eigenvalue weighted by Gasteiger charge is -2.25. The van der Waals surface area contributed by atoms with E-state index in [1.54, 1.807) is 0 Å². The molecule has 0 saturated carbocycles. The van der Waals surface area contributed by atoms with E-state index in [2.05, 4.69) is 188 Å². The highest BCUT2D eigenvalue weighted by Gasteiger charge is 2.34. The van der Waals surface area contributed by atoms with Gasteiger partial charge in [0, 0.05) is 54.8 Å². The fourth-order valence-electron chi connectivity index (χ4n) is 8.43. The molecule has 3 heteroatoms. The number of fused-ring (bicyclic) bond motifs is 7. The van der Waals surface area contributed by atoms with Gasteiger partial charge in [0.25, 0.3) is 0 Å². The molecule has 0 atom stereocenters. The Bertz CT molecular complexity index is 3180. The molecule has 11 rings (SSSR count). The van der Waals surface area contributed by atoms with Crippen molar-refractivity contribution in [2.45, 2.75) is 0 Å². The molecular formula is C51H31N3. The number of para-hydroxylation sites is 2. The predicted molar refractivity (Wildman–Crippen MR) is 220 cm³/mol. The molecule has 0 fully saturated rings. The zero-order valence-electron chi connectivity index (χ0n) is 29.2. The molecule has 0 radical (unpaired) electrons. The van der Waals surface area contributed by atoms with Gasteiger partial charge >= 0.3 is 0 Å². The monoisotopic (exact) mass is 685 g/mol. The second-order valence-electron chi connectivity index (χ2n) is 13.9. The maximum Gasteiger partial charge on any atom is 0.0817 e. The van der Waals surface area contributed by atoms with Crippen molar-refractivity contribution in [2.24, 2.45) is 9.98 Å². The summed E-state index contributed by atoms with van der Waals surface area (Å²) in [6, 6.07) is 66.6. The molecule has 3 heterocycles. The van der Waals surface area contributed by atoms with Crippen molar-refractivity contribution in [1.29, 1.82) is 0 Å². The third-order valence-corrected chi connectivity index (χ3v) is 10.8. The minimum atomic E-state index is 0.901. The number of pyridine rings is 1. The minimum Gasteiger partial charge on any atom is -0.248 e. The molecule has 0 bridgehead atoms. The van der Waals surface area contributed by atoms with Crippen LogP contribution in [0.25, 0.3) is 77.8 Å². The van der Waals surface area contributed by atoms with E-state index in [0.717, 1.165) is 110 Å². The SMILES string of the molecule is c1ccc(-c2c3c(c(-c4ccc5ccccc5n4)c(-c4ccccc4)c2-c2ccccc2)-c2c4c(cc(-c5ccccc5)c2=N3)=c2ccccc2=N4)cc1. The third kappa shape index (κ3) is 4.65. The molecule has 0 spiro atoms. The van der Waals surface area contributed by atoms with Crippen LogP contribution >= 0.6 is 0 Å². The van der Waals surface area contributed by atoms with Crippen molar-refractivity contribution in [3.05, 3.63) is 209 Å². The molecule has 0 amide bonds. The van der Waals surface area contributed by atoms with Crippen molar-refractivity contribution >= 4 is 22.3 Å². The van der Waals surface area contributed by atoms with E-state index in [0.29, 0.717) is 0 Å². The smallest absolute Gasteiger partial charge is 0.0817 e. The Labute approximate surface area is 312 Å². The van der Waals surface area contributed by atoms with Gasteiger partial charge in [-0.15, -0.1) is 0 Å². The van der Waals surface area contributed by atoms with Gasteiger partial charge in [0.2, 0.25) is 0 Å². The first-order valence-electron chi connectivity index (χ1n) is 18.4. The van der Waals surface area contributed by atoms with Crippen molar-refractivity contribution in [3.63, 3.8) is 0 Å². The van der Waals surface area contributed by atoms with Gasteiger partial charge < -0.3 is 0 Å². The van der Waals surface area contributed by atoms with Crippen LogP contribution in [0.15, 0.2) is 198 Å². The Kier molecular flexibility index (Phi) is 6.86. The number of benzene rings is 8. The second-order valence-corrected chi connectivity index (χ2v) is 13.9. The van der Waals surface area contributed by atoms with Gasteiger partial charge in [-0.3, -0.25) is 0 Å². The molecule has 8 aromatic carbocycles. The van der Waals surface area contributed by atoms with Gasteiger partial charge in [-0.1, -0.05) is 164 Å². The topological polar surface area (TPSA) is 37.6 Å². The Morgan fingerprint density at radius 1 is 0.333 bits per heavy atom. The van der Waals surface area contributed by atoms with Gasteiger partial charge in [0.15, 0.2) is 0 Å². The highest BCUT2D eigenvalue weighted by molar-refractivity contribution is 6.15. The molecule has 250 valence electrons. The van der Waals surface area contributed by atoms with E-state index in [1.165, 1.54) is 0 Å². The molecule has 2 aliphatic heterocycles. The van der Waals surface area contributed by atoms with Crippen LogP contribution in [0, 0.1) is 10.4 Å². The Balaban J connectivity index is 1.42. The van der Waals surface area contributed by atoms with Crippen LogP contribution in [0.1, 0.15) is 0 Å². The van der Waals surface area contributed by atoms with E-state index >= 15 is 0 Å². The fourth-order valence-corrected chi connectivity index (χ4v) is 8.43. The Morgan fingerprint density at radius 3 is 1.57 bits per heavy atom. The van der Waals surface area contributed by atoms with Gasteiger partial charge in [-0.2, -0.15) is 0 Å². The van der Waals surface area contributed by atoms with Crippen LogP contribution < -0.4 is 10.7 Å². The van der Waals surface area contributed by atoms with E-state index in [-0.39, 0.29) is 0 Å². The molecule has 3 nitrogen and oxygen atoms in total. The maximum atomic E-state index is 5.79. The van der Waals surface area contributed by atoms with Crippen LogP contribution in [0.4, 0.5) is 11.4 Å². The molecule has 0 unspecified atom stereocenters. The van der Waals surface area contributed by atoms with Crippen LogP contribution in [0.2, 0.25) is 0 Å². The standard InChI is InChI=1S/C51H31N3/c1-5-17-32(18-6-1)38-31-39-37-26-14-16-28-41(37)53-50(39)48-47-46(42-30-29-33-19-13-15-27-40(33)52-42)44(35-22-9-3-10-23-35)43(34-20-7-2-8-21-34)45(51(47)54-49(38)48)36-24-11-4-12-25-36/h1-31H. The summed E-state index contributed by atoms with van der Waals surface area (Å²) in [4.78, 5) is 16.7. The van der Waals surface area contributed by atoms with E-state index in [9.17, 15) is 0 Å². The zero-order valence-corrected chi connectivity index (χ0v) is 29.2. The number of rotatable bonds is 5. The predicted octanol–water partition coefficient (Wildman–Crippen LogP) is 12.1. The molecule has 0 aliphatic carbocycles. The number of aromatic nitrogens is 1. The summed E-state index contributed by atoms with van der Waals surface area (Å²) in [7, 11) is 0.